The van der Waals surface area contributed by atoms with E-state index < -0.39 is 0 Å². The highest BCUT2D eigenvalue weighted by atomic mass is 15.0. The molecule has 11 aromatic rings. The Morgan fingerprint density at radius 1 is 0.283 bits per heavy atom. The van der Waals surface area contributed by atoms with Gasteiger partial charge >= 0.3 is 0 Å². The SMILES string of the molecule is N#Cc1cc(C#N)c(-c2ccc(-c3ccc(-n4c5ccccc5c5ccccc54)cc3)cc2)cc1-c1ccc(-c2ccc(-n3c4ccccc4c4ccccc43)cc2)cc1. The summed E-state index contributed by atoms with van der Waals surface area (Å²) in [5, 5.41) is 25.4. The predicted octanol–water partition coefficient (Wildman–Crippen LogP) is 14.3. The van der Waals surface area contributed by atoms with Crippen molar-refractivity contribution in [1.29, 1.82) is 10.5 Å². The van der Waals surface area contributed by atoms with Crippen molar-refractivity contribution >= 4 is 43.6 Å². The van der Waals surface area contributed by atoms with E-state index in [-0.39, 0.29) is 0 Å². The van der Waals surface area contributed by atoms with Crippen LogP contribution in [0.5, 0.6) is 0 Å². The molecule has 0 aliphatic heterocycles. The van der Waals surface area contributed by atoms with E-state index >= 15 is 0 Å². The van der Waals surface area contributed by atoms with Gasteiger partial charge in [-0.3, -0.25) is 0 Å². The van der Waals surface area contributed by atoms with Crippen molar-refractivity contribution in [2.75, 3.05) is 0 Å². The molecule has 0 radical (unpaired) electrons. The summed E-state index contributed by atoms with van der Waals surface area (Å²) in [7, 11) is 0. The van der Waals surface area contributed by atoms with E-state index in [1.165, 1.54) is 43.6 Å². The van der Waals surface area contributed by atoms with E-state index in [2.05, 4.69) is 215 Å². The number of rotatable bonds is 6. The Balaban J connectivity index is 0.877. The van der Waals surface area contributed by atoms with Crippen LogP contribution >= 0.6 is 0 Å². The van der Waals surface area contributed by atoms with E-state index in [1.54, 1.807) is 6.07 Å². The lowest BCUT2D eigenvalue weighted by Crippen LogP contribution is -1.94. The fourth-order valence-corrected chi connectivity index (χ4v) is 8.95. The normalized spacial score (nSPS) is 11.3. The van der Waals surface area contributed by atoms with Gasteiger partial charge in [0.2, 0.25) is 0 Å². The molecule has 0 N–H and O–H groups in total. The van der Waals surface area contributed by atoms with E-state index in [9.17, 15) is 10.5 Å². The molecular formula is C56H34N4. The molecule has 4 nitrogen and oxygen atoms in total. The summed E-state index contributed by atoms with van der Waals surface area (Å²) in [6.07, 6.45) is 0. The molecule has 278 valence electrons. The zero-order valence-corrected chi connectivity index (χ0v) is 32.4. The molecule has 4 heteroatoms. The molecule has 0 atom stereocenters. The van der Waals surface area contributed by atoms with Gasteiger partial charge in [0.15, 0.2) is 0 Å². The average molecular weight is 763 g/mol. The maximum Gasteiger partial charge on any atom is 0.0998 e. The van der Waals surface area contributed by atoms with E-state index in [0.717, 1.165) is 55.9 Å². The topological polar surface area (TPSA) is 57.4 Å². The van der Waals surface area contributed by atoms with Gasteiger partial charge < -0.3 is 9.13 Å². The minimum Gasteiger partial charge on any atom is -0.309 e. The Hall–Kier alpha value is -8.44. The molecule has 0 spiro atoms. The van der Waals surface area contributed by atoms with Gasteiger partial charge in [-0.25, -0.2) is 0 Å². The highest BCUT2D eigenvalue weighted by molar-refractivity contribution is 6.10. The summed E-state index contributed by atoms with van der Waals surface area (Å²) >= 11 is 0. The van der Waals surface area contributed by atoms with Crippen LogP contribution in [-0.2, 0) is 0 Å². The molecule has 0 amide bonds. The van der Waals surface area contributed by atoms with Crippen LogP contribution < -0.4 is 0 Å². The van der Waals surface area contributed by atoms with Crippen LogP contribution in [0.25, 0.3) is 99.5 Å². The van der Waals surface area contributed by atoms with Gasteiger partial charge in [0.25, 0.3) is 0 Å². The van der Waals surface area contributed by atoms with Gasteiger partial charge in [-0.15, -0.1) is 0 Å². The fourth-order valence-electron chi connectivity index (χ4n) is 8.95. The number of nitriles is 2. The van der Waals surface area contributed by atoms with Crippen LogP contribution in [0.15, 0.2) is 206 Å². The smallest absolute Gasteiger partial charge is 0.0998 e. The van der Waals surface area contributed by atoms with Crippen LogP contribution in [0.4, 0.5) is 0 Å². The van der Waals surface area contributed by atoms with Crippen LogP contribution in [0, 0.1) is 22.7 Å². The highest BCUT2D eigenvalue weighted by Gasteiger charge is 2.16. The largest absolute Gasteiger partial charge is 0.309 e. The molecule has 2 heterocycles. The summed E-state index contributed by atoms with van der Waals surface area (Å²) in [6.45, 7) is 0. The number of hydrogen-bond donors (Lipinski definition) is 0. The number of para-hydroxylation sites is 4. The van der Waals surface area contributed by atoms with Crippen molar-refractivity contribution in [3.05, 3.63) is 217 Å². The van der Waals surface area contributed by atoms with Crippen molar-refractivity contribution in [2.45, 2.75) is 0 Å². The Bertz CT molecular complexity index is 3180. The number of nitrogens with zero attached hydrogens (tertiary/aromatic N) is 4. The third-order valence-corrected chi connectivity index (χ3v) is 11.9. The van der Waals surface area contributed by atoms with Crippen molar-refractivity contribution in [3.63, 3.8) is 0 Å². The van der Waals surface area contributed by atoms with Crippen molar-refractivity contribution in [2.24, 2.45) is 0 Å². The molecule has 2 aromatic heterocycles. The molecule has 0 fully saturated rings. The molecule has 0 aliphatic carbocycles. The Morgan fingerprint density at radius 3 is 0.850 bits per heavy atom. The first-order valence-corrected chi connectivity index (χ1v) is 20.0. The quantitative estimate of drug-likeness (QED) is 0.169. The van der Waals surface area contributed by atoms with Crippen LogP contribution in [-0.4, -0.2) is 9.13 Å². The Kier molecular flexibility index (Phi) is 8.22. The standard InChI is InChI=1S/C56H34N4/c57-35-43-33-44(36-58)52(42-23-19-38(20-24-42)40-27-31-46(32-28-40)60-55-15-7-3-11-49(55)50-12-4-8-16-56(50)60)34-51(43)41-21-17-37(18-22-41)39-25-29-45(30-26-39)59-53-13-5-1-9-47(53)48-10-2-6-14-54(48)59/h1-34H. The van der Waals surface area contributed by atoms with Gasteiger partial charge in [0, 0.05) is 44.0 Å². The maximum absolute atomic E-state index is 10.2. The predicted molar refractivity (Wildman–Crippen MR) is 246 cm³/mol. The molecule has 60 heavy (non-hydrogen) atoms. The maximum atomic E-state index is 10.2. The summed E-state index contributed by atoms with van der Waals surface area (Å²) in [5.74, 6) is 0. The lowest BCUT2D eigenvalue weighted by atomic mass is 9.90. The minimum absolute atomic E-state index is 0.471. The molecule has 0 aliphatic rings. The number of hydrogen-bond acceptors (Lipinski definition) is 2. The monoisotopic (exact) mass is 762 g/mol. The highest BCUT2D eigenvalue weighted by Crippen LogP contribution is 2.37. The molecule has 11 rings (SSSR count). The molecular weight excluding hydrogens is 729 g/mol. The van der Waals surface area contributed by atoms with E-state index in [0.29, 0.717) is 11.1 Å². The first-order valence-electron chi connectivity index (χ1n) is 20.0. The molecule has 0 unspecified atom stereocenters. The van der Waals surface area contributed by atoms with Gasteiger partial charge in [-0.05, 0) is 94.0 Å². The zero-order valence-electron chi connectivity index (χ0n) is 32.4. The molecule has 9 aromatic carbocycles. The van der Waals surface area contributed by atoms with Crippen molar-refractivity contribution in [1.82, 2.24) is 9.13 Å². The fraction of sp³-hybridized carbons (Fsp3) is 0. The molecule has 0 saturated heterocycles. The zero-order chi connectivity index (χ0) is 40.2. The molecule has 0 bridgehead atoms. The van der Waals surface area contributed by atoms with Crippen LogP contribution in [0.2, 0.25) is 0 Å². The van der Waals surface area contributed by atoms with Crippen LogP contribution in [0.1, 0.15) is 11.1 Å². The second kappa shape index (κ2) is 14.2. The minimum atomic E-state index is 0.471. The number of benzene rings is 9. The summed E-state index contributed by atoms with van der Waals surface area (Å²) < 4.78 is 4.64. The number of aromatic nitrogens is 2. The third-order valence-electron chi connectivity index (χ3n) is 11.9. The summed E-state index contributed by atoms with van der Waals surface area (Å²) in [4.78, 5) is 0. The van der Waals surface area contributed by atoms with Gasteiger partial charge in [-0.2, -0.15) is 10.5 Å². The first kappa shape index (κ1) is 34.8. The average Bonchev–Trinajstić information content (AvgIpc) is 3.84. The first-order chi connectivity index (χ1) is 29.7. The van der Waals surface area contributed by atoms with Crippen molar-refractivity contribution < 1.29 is 0 Å². The van der Waals surface area contributed by atoms with E-state index in [1.807, 2.05) is 6.07 Å². The lowest BCUT2D eigenvalue weighted by Gasteiger charge is -2.13. The van der Waals surface area contributed by atoms with E-state index in [4.69, 9.17) is 0 Å². The Morgan fingerprint density at radius 2 is 0.550 bits per heavy atom. The summed E-state index contributed by atoms with van der Waals surface area (Å²) in [6, 6.07) is 76.6. The van der Waals surface area contributed by atoms with Gasteiger partial charge in [-0.1, -0.05) is 146 Å². The van der Waals surface area contributed by atoms with Crippen molar-refractivity contribution in [3.8, 4) is 68.0 Å². The van der Waals surface area contributed by atoms with Gasteiger partial charge in [0.05, 0.1) is 45.3 Å². The van der Waals surface area contributed by atoms with Gasteiger partial charge in [0.1, 0.15) is 0 Å². The van der Waals surface area contributed by atoms with Crippen LogP contribution in [0.3, 0.4) is 0 Å². The number of fused-ring (bicyclic) bond motifs is 6. The lowest BCUT2D eigenvalue weighted by molar-refractivity contribution is 1.18. The second-order valence-corrected chi connectivity index (χ2v) is 15.2. The third kappa shape index (κ3) is 5.67. The second-order valence-electron chi connectivity index (χ2n) is 15.2. The summed E-state index contributed by atoms with van der Waals surface area (Å²) in [5.41, 5.74) is 15.7. The Labute approximate surface area is 347 Å². The molecule has 0 saturated carbocycles.